The molecule has 6 nitrogen and oxygen atoms in total. The van der Waals surface area contributed by atoms with Crippen molar-refractivity contribution < 1.29 is 9.42 Å². The van der Waals surface area contributed by atoms with E-state index in [1.54, 1.807) is 11.3 Å². The Balaban J connectivity index is 1.87. The Hall–Kier alpha value is -2.15. The van der Waals surface area contributed by atoms with Crippen LogP contribution in [0.25, 0.3) is 0 Å². The number of carbonyl (C=O) groups is 1. The molecule has 7 heteroatoms. The standard InChI is InChI=1S/C16H18N4O2S/c1-8-4-5-11(23-8)13-12-9(6-16(2,3)7-10(12)21)17-14-15(18-13)20-22-19-14/h4-5,13H,6-7H2,1-3H3,(H,17,19)(H,18,20). The van der Waals surface area contributed by atoms with E-state index in [1.165, 1.54) is 4.88 Å². The van der Waals surface area contributed by atoms with Crippen LogP contribution in [0.4, 0.5) is 11.6 Å². The van der Waals surface area contributed by atoms with Gasteiger partial charge in [0.15, 0.2) is 5.78 Å². The number of ketones is 1. The number of allylic oxidation sites excluding steroid dienone is 1. The van der Waals surface area contributed by atoms with Gasteiger partial charge < -0.3 is 10.6 Å². The second kappa shape index (κ2) is 4.92. The fraction of sp³-hybridized carbons (Fsp3) is 0.438. The Morgan fingerprint density at radius 3 is 2.78 bits per heavy atom. The summed E-state index contributed by atoms with van der Waals surface area (Å²) < 4.78 is 4.84. The predicted molar refractivity (Wildman–Crippen MR) is 88.4 cm³/mol. The molecule has 0 saturated heterocycles. The number of hydrogen-bond acceptors (Lipinski definition) is 7. The molecule has 3 heterocycles. The smallest absolute Gasteiger partial charge is 0.219 e. The van der Waals surface area contributed by atoms with Crippen molar-refractivity contribution in [2.45, 2.75) is 39.7 Å². The van der Waals surface area contributed by atoms with Gasteiger partial charge in [-0.1, -0.05) is 13.8 Å². The fourth-order valence-electron chi connectivity index (χ4n) is 3.32. The first-order valence-electron chi connectivity index (χ1n) is 7.62. The number of Topliss-reactive ketones (excluding diaryl/α,β-unsaturated/α-hetero) is 1. The van der Waals surface area contributed by atoms with Crippen LogP contribution in [-0.4, -0.2) is 16.1 Å². The van der Waals surface area contributed by atoms with Gasteiger partial charge in [0.05, 0.1) is 6.04 Å². The lowest BCUT2D eigenvalue weighted by Crippen LogP contribution is -2.31. The molecule has 1 aliphatic heterocycles. The molecule has 23 heavy (non-hydrogen) atoms. The van der Waals surface area contributed by atoms with Gasteiger partial charge in [-0.2, -0.15) is 0 Å². The summed E-state index contributed by atoms with van der Waals surface area (Å²) in [5.41, 5.74) is 1.65. The third kappa shape index (κ3) is 2.45. The van der Waals surface area contributed by atoms with Gasteiger partial charge in [-0.25, -0.2) is 4.63 Å². The lowest BCUT2D eigenvalue weighted by atomic mass is 9.74. The van der Waals surface area contributed by atoms with E-state index in [9.17, 15) is 4.79 Å². The number of hydrogen-bond donors (Lipinski definition) is 2. The minimum absolute atomic E-state index is 0.0689. The summed E-state index contributed by atoms with van der Waals surface area (Å²) in [6.45, 7) is 6.29. The molecule has 0 spiro atoms. The van der Waals surface area contributed by atoms with Gasteiger partial charge in [0.25, 0.3) is 0 Å². The maximum Gasteiger partial charge on any atom is 0.219 e. The van der Waals surface area contributed by atoms with Crippen LogP contribution in [-0.2, 0) is 4.79 Å². The average Bonchev–Trinajstić information content (AvgIpc) is 3.02. The van der Waals surface area contributed by atoms with E-state index in [0.29, 0.717) is 18.1 Å². The van der Waals surface area contributed by atoms with E-state index in [0.717, 1.165) is 22.6 Å². The van der Waals surface area contributed by atoms with Crippen LogP contribution in [0.1, 0.15) is 42.5 Å². The average molecular weight is 330 g/mol. The summed E-state index contributed by atoms with van der Waals surface area (Å²) >= 11 is 1.68. The van der Waals surface area contributed by atoms with Gasteiger partial charge in [-0.3, -0.25) is 4.79 Å². The van der Waals surface area contributed by atoms with Gasteiger partial charge in [0.2, 0.25) is 11.6 Å². The van der Waals surface area contributed by atoms with E-state index in [4.69, 9.17) is 4.63 Å². The normalized spacial score (nSPS) is 22.7. The van der Waals surface area contributed by atoms with Crippen molar-refractivity contribution in [1.29, 1.82) is 0 Å². The van der Waals surface area contributed by atoms with E-state index in [1.807, 2.05) is 0 Å². The molecule has 0 amide bonds. The monoisotopic (exact) mass is 330 g/mol. The number of nitrogens with zero attached hydrogens (tertiary/aromatic N) is 2. The largest absolute Gasteiger partial charge is 0.352 e. The molecular formula is C16H18N4O2S. The molecule has 2 aromatic rings. The van der Waals surface area contributed by atoms with Crippen molar-refractivity contribution in [3.05, 3.63) is 33.2 Å². The topological polar surface area (TPSA) is 80.1 Å². The minimum atomic E-state index is -0.215. The zero-order valence-corrected chi connectivity index (χ0v) is 14.1. The summed E-state index contributed by atoms with van der Waals surface area (Å²) in [4.78, 5) is 15.2. The molecule has 2 N–H and O–H groups in total. The SMILES string of the molecule is Cc1ccc(C2Nc3nonc3NC3=C2C(=O)CC(C)(C)C3)s1. The first-order chi connectivity index (χ1) is 10.9. The van der Waals surface area contributed by atoms with Crippen LogP contribution < -0.4 is 10.6 Å². The maximum absolute atomic E-state index is 12.9. The molecule has 0 aromatic carbocycles. The summed E-state index contributed by atoms with van der Waals surface area (Å²) in [5.74, 6) is 1.26. The molecule has 2 aromatic heterocycles. The van der Waals surface area contributed by atoms with Crippen molar-refractivity contribution >= 4 is 28.8 Å². The Bertz CT molecular complexity index is 818. The summed E-state index contributed by atoms with van der Waals surface area (Å²) in [6.07, 6.45) is 1.34. The molecule has 120 valence electrons. The fourth-order valence-corrected chi connectivity index (χ4v) is 4.26. The van der Waals surface area contributed by atoms with E-state index >= 15 is 0 Å². The van der Waals surface area contributed by atoms with Crippen LogP contribution in [0.15, 0.2) is 28.0 Å². The number of fused-ring (bicyclic) bond motifs is 1. The van der Waals surface area contributed by atoms with Gasteiger partial charge in [-0.05, 0) is 41.2 Å². The first kappa shape index (κ1) is 14.4. The number of rotatable bonds is 1. The minimum Gasteiger partial charge on any atom is -0.352 e. The highest BCUT2D eigenvalue weighted by Gasteiger charge is 2.40. The van der Waals surface area contributed by atoms with Crippen molar-refractivity contribution in [1.82, 2.24) is 10.3 Å². The van der Waals surface area contributed by atoms with E-state index < -0.39 is 0 Å². The van der Waals surface area contributed by atoms with Crippen molar-refractivity contribution in [3.8, 4) is 0 Å². The van der Waals surface area contributed by atoms with Crippen molar-refractivity contribution in [2.75, 3.05) is 10.6 Å². The van der Waals surface area contributed by atoms with Crippen LogP contribution in [0.3, 0.4) is 0 Å². The van der Waals surface area contributed by atoms with Gasteiger partial charge in [0.1, 0.15) is 0 Å². The summed E-state index contributed by atoms with van der Waals surface area (Å²) in [5, 5.41) is 14.4. The summed E-state index contributed by atoms with van der Waals surface area (Å²) in [7, 11) is 0. The van der Waals surface area contributed by atoms with E-state index in [2.05, 4.69) is 53.9 Å². The Morgan fingerprint density at radius 2 is 2.04 bits per heavy atom. The zero-order valence-electron chi connectivity index (χ0n) is 13.3. The molecular weight excluding hydrogens is 312 g/mol. The first-order valence-corrected chi connectivity index (χ1v) is 8.43. The second-order valence-corrected chi connectivity index (χ2v) is 8.26. The number of anilines is 2. The highest BCUT2D eigenvalue weighted by Crippen LogP contribution is 2.45. The van der Waals surface area contributed by atoms with Crippen LogP contribution in [0.2, 0.25) is 0 Å². The van der Waals surface area contributed by atoms with E-state index in [-0.39, 0.29) is 17.2 Å². The number of nitrogens with one attached hydrogen (secondary N) is 2. The van der Waals surface area contributed by atoms with Crippen LogP contribution in [0, 0.1) is 12.3 Å². The number of carbonyl (C=O) groups excluding carboxylic acids is 1. The highest BCUT2D eigenvalue weighted by atomic mass is 32.1. The molecule has 0 saturated carbocycles. The lowest BCUT2D eigenvalue weighted by Gasteiger charge is -2.33. The summed E-state index contributed by atoms with van der Waals surface area (Å²) in [6, 6.07) is 3.92. The Kier molecular flexibility index (Phi) is 3.09. The number of thiophene rings is 1. The van der Waals surface area contributed by atoms with Crippen molar-refractivity contribution in [3.63, 3.8) is 0 Å². The molecule has 0 radical (unpaired) electrons. The third-order valence-electron chi connectivity index (χ3n) is 4.29. The van der Waals surface area contributed by atoms with Crippen molar-refractivity contribution in [2.24, 2.45) is 5.41 Å². The second-order valence-electron chi connectivity index (χ2n) is 6.95. The lowest BCUT2D eigenvalue weighted by molar-refractivity contribution is -0.118. The molecule has 0 fully saturated rings. The number of aromatic nitrogens is 2. The van der Waals surface area contributed by atoms with Crippen LogP contribution >= 0.6 is 11.3 Å². The Labute approximate surface area is 137 Å². The van der Waals surface area contributed by atoms with Gasteiger partial charge >= 0.3 is 0 Å². The zero-order chi connectivity index (χ0) is 16.2. The molecule has 1 atom stereocenters. The molecule has 1 unspecified atom stereocenters. The van der Waals surface area contributed by atoms with Crippen LogP contribution in [0.5, 0.6) is 0 Å². The molecule has 4 rings (SSSR count). The molecule has 1 aliphatic carbocycles. The quantitative estimate of drug-likeness (QED) is 0.830. The number of aryl methyl sites for hydroxylation is 1. The predicted octanol–water partition coefficient (Wildman–Crippen LogP) is 3.66. The van der Waals surface area contributed by atoms with Gasteiger partial charge in [0, 0.05) is 27.4 Å². The Morgan fingerprint density at radius 1 is 1.26 bits per heavy atom. The maximum atomic E-state index is 12.9. The highest BCUT2D eigenvalue weighted by molar-refractivity contribution is 7.12. The third-order valence-corrected chi connectivity index (χ3v) is 5.36. The molecule has 0 bridgehead atoms. The van der Waals surface area contributed by atoms with Gasteiger partial charge in [-0.15, -0.1) is 11.3 Å². The molecule has 2 aliphatic rings.